The minimum absolute atomic E-state index is 0.00249. The van der Waals surface area contributed by atoms with E-state index < -0.39 is 11.6 Å². The number of carbonyl (C=O) groups is 2. The lowest BCUT2D eigenvalue weighted by Gasteiger charge is -2.18. The van der Waals surface area contributed by atoms with Gasteiger partial charge in [0.2, 0.25) is 0 Å². The average molecular weight is 236 g/mol. The fourth-order valence-corrected chi connectivity index (χ4v) is 1.72. The van der Waals surface area contributed by atoms with E-state index >= 15 is 0 Å². The van der Waals surface area contributed by atoms with Crippen LogP contribution in [-0.2, 0) is 11.3 Å². The van der Waals surface area contributed by atoms with Gasteiger partial charge < -0.3 is 15.0 Å². The van der Waals surface area contributed by atoms with Gasteiger partial charge in [-0.1, -0.05) is 0 Å². The van der Waals surface area contributed by atoms with Crippen LogP contribution in [0, 0.1) is 0 Å². The molecule has 0 radical (unpaired) electrons. The van der Waals surface area contributed by atoms with Gasteiger partial charge in [-0.2, -0.15) is 0 Å². The molecule has 1 aliphatic rings. The molecule has 0 spiro atoms. The van der Waals surface area contributed by atoms with Crippen LogP contribution in [0.1, 0.15) is 47.3 Å². The normalized spacial score (nSPS) is 15.6. The van der Waals surface area contributed by atoms with Crippen LogP contribution in [-0.4, -0.2) is 28.9 Å². The highest BCUT2D eigenvalue weighted by Crippen LogP contribution is 2.18. The largest absolute Gasteiger partial charge is 0.455 e. The van der Waals surface area contributed by atoms with E-state index in [4.69, 9.17) is 4.74 Å². The zero-order chi connectivity index (χ0) is 12.6. The van der Waals surface area contributed by atoms with E-state index in [-0.39, 0.29) is 5.78 Å². The maximum absolute atomic E-state index is 11.8. The molecule has 2 rings (SSSR count). The third kappa shape index (κ3) is 2.55. The molecule has 92 valence electrons. The molecule has 1 aromatic heterocycles. The van der Waals surface area contributed by atoms with E-state index in [0.29, 0.717) is 24.3 Å². The van der Waals surface area contributed by atoms with Crippen LogP contribution in [0.5, 0.6) is 0 Å². The zero-order valence-corrected chi connectivity index (χ0v) is 10.2. The van der Waals surface area contributed by atoms with Crippen molar-refractivity contribution in [1.29, 1.82) is 0 Å². The first-order valence-electron chi connectivity index (χ1n) is 5.56. The van der Waals surface area contributed by atoms with Crippen LogP contribution in [0.15, 0.2) is 6.07 Å². The first-order valence-corrected chi connectivity index (χ1v) is 5.56. The number of aromatic amines is 1. The van der Waals surface area contributed by atoms with Gasteiger partial charge in [-0.15, -0.1) is 0 Å². The van der Waals surface area contributed by atoms with Gasteiger partial charge in [-0.3, -0.25) is 4.79 Å². The van der Waals surface area contributed by atoms with Crippen molar-refractivity contribution in [3.63, 3.8) is 0 Å². The number of Topliss-reactive ketones (excluding diaryl/α,β-unsaturated/α-hetero) is 1. The molecule has 0 saturated carbocycles. The fraction of sp³-hybridized carbons (Fsp3) is 0.500. The van der Waals surface area contributed by atoms with Crippen LogP contribution in [0.4, 0.5) is 0 Å². The van der Waals surface area contributed by atoms with Crippen LogP contribution in [0.3, 0.4) is 0 Å². The van der Waals surface area contributed by atoms with Gasteiger partial charge >= 0.3 is 5.97 Å². The standard InChI is InChI=1S/C12H16N2O3/c1-12(2,3)17-11(16)8-4-7-9(14-8)5-13-6-10(7)15/h4,13-14H,5-6H2,1-3H3. The third-order valence-electron chi connectivity index (χ3n) is 2.41. The summed E-state index contributed by atoms with van der Waals surface area (Å²) in [6.45, 7) is 6.31. The second-order valence-electron chi connectivity index (χ2n) is 5.10. The van der Waals surface area contributed by atoms with E-state index in [0.717, 1.165) is 5.69 Å². The molecule has 0 unspecified atom stereocenters. The van der Waals surface area contributed by atoms with Crippen molar-refractivity contribution in [3.8, 4) is 0 Å². The van der Waals surface area contributed by atoms with Crippen LogP contribution in [0.2, 0.25) is 0 Å². The lowest BCUT2D eigenvalue weighted by Crippen LogP contribution is -2.29. The van der Waals surface area contributed by atoms with Gasteiger partial charge in [-0.25, -0.2) is 4.79 Å². The summed E-state index contributed by atoms with van der Waals surface area (Å²) in [4.78, 5) is 26.3. The van der Waals surface area contributed by atoms with Gasteiger partial charge in [0.15, 0.2) is 5.78 Å². The molecular weight excluding hydrogens is 220 g/mol. The molecule has 0 aliphatic carbocycles. The van der Waals surface area contributed by atoms with Gasteiger partial charge in [0.1, 0.15) is 11.3 Å². The molecule has 5 heteroatoms. The number of nitrogens with one attached hydrogen (secondary N) is 2. The number of esters is 1. The van der Waals surface area contributed by atoms with Crippen LogP contribution in [0.25, 0.3) is 0 Å². The summed E-state index contributed by atoms with van der Waals surface area (Å²) in [5.74, 6) is -0.433. The van der Waals surface area contributed by atoms with E-state index in [9.17, 15) is 9.59 Å². The fourth-order valence-electron chi connectivity index (χ4n) is 1.72. The first kappa shape index (κ1) is 11.9. The highest BCUT2D eigenvalue weighted by molar-refractivity contribution is 6.02. The molecular formula is C12H16N2O3. The Hall–Kier alpha value is -1.62. The Balaban J connectivity index is 2.23. The lowest BCUT2D eigenvalue weighted by molar-refractivity contribution is 0.00633. The summed E-state index contributed by atoms with van der Waals surface area (Å²) in [6.07, 6.45) is 0. The molecule has 0 aromatic carbocycles. The summed E-state index contributed by atoms with van der Waals surface area (Å²) >= 11 is 0. The molecule has 0 saturated heterocycles. The van der Waals surface area contributed by atoms with Crippen molar-refractivity contribution >= 4 is 11.8 Å². The summed E-state index contributed by atoms with van der Waals surface area (Å²) in [5, 5.41) is 2.96. The molecule has 5 nitrogen and oxygen atoms in total. The number of hydrogen-bond acceptors (Lipinski definition) is 4. The number of H-pyrrole nitrogens is 1. The summed E-state index contributed by atoms with van der Waals surface area (Å²) in [7, 11) is 0. The summed E-state index contributed by atoms with van der Waals surface area (Å²) in [6, 6.07) is 1.58. The lowest BCUT2D eigenvalue weighted by atomic mass is 10.1. The molecule has 17 heavy (non-hydrogen) atoms. The molecule has 1 aromatic rings. The maximum atomic E-state index is 11.8. The molecule has 0 amide bonds. The van der Waals surface area contributed by atoms with Crippen LogP contribution < -0.4 is 5.32 Å². The predicted molar refractivity (Wildman–Crippen MR) is 62.0 cm³/mol. The highest BCUT2D eigenvalue weighted by Gasteiger charge is 2.24. The quantitative estimate of drug-likeness (QED) is 0.720. The Morgan fingerprint density at radius 3 is 2.65 bits per heavy atom. The maximum Gasteiger partial charge on any atom is 0.355 e. The Kier molecular flexibility index (Phi) is 2.79. The second-order valence-corrected chi connectivity index (χ2v) is 5.10. The molecule has 0 atom stereocenters. The number of hydrogen-bond donors (Lipinski definition) is 2. The van der Waals surface area contributed by atoms with Crippen molar-refractivity contribution in [2.24, 2.45) is 0 Å². The van der Waals surface area contributed by atoms with Crippen LogP contribution >= 0.6 is 0 Å². The number of fused-ring (bicyclic) bond motifs is 1. The second kappa shape index (κ2) is 4.00. The van der Waals surface area contributed by atoms with Crippen molar-refractivity contribution in [2.45, 2.75) is 32.9 Å². The average Bonchev–Trinajstić information content (AvgIpc) is 2.60. The number of carbonyl (C=O) groups excluding carboxylic acids is 2. The van der Waals surface area contributed by atoms with E-state index in [2.05, 4.69) is 10.3 Å². The molecule has 1 aliphatic heterocycles. The monoisotopic (exact) mass is 236 g/mol. The summed E-state index contributed by atoms with van der Waals surface area (Å²) in [5.41, 5.74) is 1.14. The van der Waals surface area contributed by atoms with Crippen molar-refractivity contribution in [1.82, 2.24) is 10.3 Å². The zero-order valence-electron chi connectivity index (χ0n) is 10.2. The molecule has 2 N–H and O–H groups in total. The minimum atomic E-state index is -0.537. The van der Waals surface area contributed by atoms with Crippen molar-refractivity contribution in [2.75, 3.05) is 6.54 Å². The number of ether oxygens (including phenoxy) is 1. The van der Waals surface area contributed by atoms with Crippen molar-refractivity contribution < 1.29 is 14.3 Å². The Bertz CT molecular complexity index is 469. The van der Waals surface area contributed by atoms with E-state index in [1.165, 1.54) is 0 Å². The third-order valence-corrected chi connectivity index (χ3v) is 2.41. The summed E-state index contributed by atoms with van der Waals surface area (Å²) < 4.78 is 5.23. The first-order chi connectivity index (χ1) is 7.87. The highest BCUT2D eigenvalue weighted by atomic mass is 16.6. The SMILES string of the molecule is CC(C)(C)OC(=O)c1cc2c([nH]1)CNCC2=O. The number of rotatable bonds is 1. The Morgan fingerprint density at radius 2 is 2.06 bits per heavy atom. The van der Waals surface area contributed by atoms with E-state index in [1.807, 2.05) is 0 Å². The van der Waals surface area contributed by atoms with Gasteiger partial charge in [0, 0.05) is 17.8 Å². The Morgan fingerprint density at radius 1 is 1.35 bits per heavy atom. The van der Waals surface area contributed by atoms with Gasteiger partial charge in [-0.05, 0) is 26.8 Å². The van der Waals surface area contributed by atoms with Gasteiger partial charge in [0.25, 0.3) is 0 Å². The predicted octanol–water partition coefficient (Wildman–Crippen LogP) is 1.26. The molecule has 2 heterocycles. The molecule has 0 bridgehead atoms. The topological polar surface area (TPSA) is 71.2 Å². The Labute approximate surface area is 99.5 Å². The van der Waals surface area contributed by atoms with Crippen molar-refractivity contribution in [3.05, 3.63) is 23.0 Å². The van der Waals surface area contributed by atoms with E-state index in [1.54, 1.807) is 26.8 Å². The van der Waals surface area contributed by atoms with Gasteiger partial charge in [0.05, 0.1) is 6.54 Å². The number of ketones is 1. The smallest absolute Gasteiger partial charge is 0.355 e. The molecule has 0 fully saturated rings. The minimum Gasteiger partial charge on any atom is -0.455 e. The number of aromatic nitrogens is 1.